The van der Waals surface area contributed by atoms with Crippen molar-refractivity contribution in [2.45, 2.75) is 0 Å². The minimum absolute atomic E-state index is 0.737. The average Bonchev–Trinajstić information content (AvgIpc) is 2.30. The van der Waals surface area contributed by atoms with Crippen LogP contribution in [0.2, 0.25) is 0 Å². The Bertz CT molecular complexity index is 451. The first-order valence-corrected chi connectivity index (χ1v) is 4.80. The van der Waals surface area contributed by atoms with Crippen molar-refractivity contribution >= 4 is 5.69 Å². The Morgan fingerprint density at radius 3 is 2.33 bits per heavy atom. The van der Waals surface area contributed by atoms with Crippen molar-refractivity contribution in [3.8, 4) is 16.9 Å². The Morgan fingerprint density at radius 2 is 1.73 bits per heavy atom. The van der Waals surface area contributed by atoms with Gasteiger partial charge in [0.25, 0.3) is 0 Å². The van der Waals surface area contributed by atoms with Crippen LogP contribution in [0.15, 0.2) is 48.5 Å². The van der Waals surface area contributed by atoms with Gasteiger partial charge < -0.3 is 10.5 Å². The summed E-state index contributed by atoms with van der Waals surface area (Å²) >= 11 is 0. The second-order valence-corrected chi connectivity index (χ2v) is 3.32. The molecule has 0 bridgehead atoms. The predicted octanol–water partition coefficient (Wildman–Crippen LogP) is 2.94. The lowest BCUT2D eigenvalue weighted by Gasteiger charge is -2.07. The van der Waals surface area contributed by atoms with Gasteiger partial charge in [0.05, 0.1) is 7.11 Å². The van der Waals surface area contributed by atoms with E-state index in [9.17, 15) is 0 Å². The number of rotatable bonds is 2. The van der Waals surface area contributed by atoms with Crippen LogP contribution >= 0.6 is 0 Å². The maximum atomic E-state index is 5.95. The molecule has 2 nitrogen and oxygen atoms in total. The lowest BCUT2D eigenvalue weighted by Crippen LogP contribution is -1.91. The van der Waals surface area contributed by atoms with Crippen LogP contribution in [0, 0.1) is 0 Å². The molecule has 0 heterocycles. The van der Waals surface area contributed by atoms with E-state index in [1.54, 1.807) is 7.11 Å². The number of nitrogen functional groups attached to an aromatic ring is 1. The molecule has 0 aliphatic heterocycles. The fraction of sp³-hybridized carbons (Fsp3) is 0.0769. The van der Waals surface area contributed by atoms with E-state index < -0.39 is 0 Å². The van der Waals surface area contributed by atoms with Gasteiger partial charge in [-0.2, -0.15) is 0 Å². The fourth-order valence-electron chi connectivity index (χ4n) is 1.55. The predicted molar refractivity (Wildman–Crippen MR) is 62.8 cm³/mol. The monoisotopic (exact) mass is 199 g/mol. The number of nitrogens with two attached hydrogens (primary N) is 1. The van der Waals surface area contributed by atoms with Gasteiger partial charge in [-0.05, 0) is 17.7 Å². The quantitative estimate of drug-likeness (QED) is 0.755. The Hall–Kier alpha value is -1.96. The first kappa shape index (κ1) is 9.59. The highest BCUT2D eigenvalue weighted by atomic mass is 16.5. The molecule has 0 saturated carbocycles. The third kappa shape index (κ3) is 1.94. The van der Waals surface area contributed by atoms with E-state index in [4.69, 9.17) is 10.5 Å². The molecule has 0 aliphatic rings. The number of methoxy groups -OCH3 is 1. The van der Waals surface area contributed by atoms with Crippen LogP contribution in [0.3, 0.4) is 0 Å². The largest absolute Gasteiger partial charge is 0.497 e. The van der Waals surface area contributed by atoms with Crippen LogP contribution in [0.25, 0.3) is 11.1 Å². The molecule has 0 saturated heterocycles. The van der Waals surface area contributed by atoms with Crippen molar-refractivity contribution in [1.29, 1.82) is 0 Å². The molecule has 0 aromatic heterocycles. The van der Waals surface area contributed by atoms with Gasteiger partial charge in [-0.1, -0.05) is 30.3 Å². The van der Waals surface area contributed by atoms with E-state index in [0.29, 0.717) is 0 Å². The van der Waals surface area contributed by atoms with Gasteiger partial charge in [0.1, 0.15) is 5.75 Å². The first-order chi connectivity index (χ1) is 7.31. The Balaban J connectivity index is 2.46. The Labute approximate surface area is 89.3 Å². The van der Waals surface area contributed by atoms with Crippen LogP contribution in [0.4, 0.5) is 5.69 Å². The zero-order valence-corrected chi connectivity index (χ0v) is 8.60. The van der Waals surface area contributed by atoms with Crippen molar-refractivity contribution < 1.29 is 4.74 Å². The Kier molecular flexibility index (Phi) is 2.59. The van der Waals surface area contributed by atoms with Crippen molar-refractivity contribution in [3.05, 3.63) is 48.5 Å². The van der Waals surface area contributed by atoms with Gasteiger partial charge >= 0.3 is 0 Å². The van der Waals surface area contributed by atoms with E-state index in [1.165, 1.54) is 0 Å². The molecule has 2 aromatic rings. The summed E-state index contributed by atoms with van der Waals surface area (Å²) in [5.41, 5.74) is 8.85. The molecule has 0 aliphatic carbocycles. The van der Waals surface area contributed by atoms with Crippen molar-refractivity contribution in [3.63, 3.8) is 0 Å². The van der Waals surface area contributed by atoms with E-state index in [0.717, 1.165) is 22.6 Å². The number of anilines is 1. The molecular weight excluding hydrogens is 186 g/mol. The summed E-state index contributed by atoms with van der Waals surface area (Å²) in [6.07, 6.45) is 0. The van der Waals surface area contributed by atoms with E-state index in [1.807, 2.05) is 48.5 Å². The third-order valence-electron chi connectivity index (χ3n) is 2.34. The fourth-order valence-corrected chi connectivity index (χ4v) is 1.55. The molecular formula is C13H13NO. The molecule has 0 unspecified atom stereocenters. The van der Waals surface area contributed by atoms with Crippen LogP contribution in [0.1, 0.15) is 0 Å². The Morgan fingerprint density at radius 1 is 1.00 bits per heavy atom. The van der Waals surface area contributed by atoms with Gasteiger partial charge in [0, 0.05) is 17.3 Å². The van der Waals surface area contributed by atoms with Crippen LogP contribution in [-0.4, -0.2) is 7.11 Å². The van der Waals surface area contributed by atoms with E-state index >= 15 is 0 Å². The molecule has 2 heteroatoms. The maximum absolute atomic E-state index is 5.95. The third-order valence-corrected chi connectivity index (χ3v) is 2.34. The van der Waals surface area contributed by atoms with Gasteiger partial charge in [-0.15, -0.1) is 0 Å². The first-order valence-electron chi connectivity index (χ1n) is 4.80. The SMILES string of the molecule is COc1ccc(-c2ccccc2)c(N)c1. The second-order valence-electron chi connectivity index (χ2n) is 3.32. The summed E-state index contributed by atoms with van der Waals surface area (Å²) in [5.74, 6) is 0.784. The molecule has 2 rings (SSSR count). The lowest BCUT2D eigenvalue weighted by atomic mass is 10.0. The second kappa shape index (κ2) is 4.05. The highest BCUT2D eigenvalue weighted by Gasteiger charge is 2.02. The summed E-state index contributed by atoms with van der Waals surface area (Å²) in [6.45, 7) is 0. The van der Waals surface area contributed by atoms with Crippen LogP contribution in [0.5, 0.6) is 5.75 Å². The molecule has 0 fully saturated rings. The number of ether oxygens (including phenoxy) is 1. The lowest BCUT2D eigenvalue weighted by molar-refractivity contribution is 0.415. The minimum Gasteiger partial charge on any atom is -0.497 e. The van der Waals surface area contributed by atoms with Gasteiger partial charge in [0.15, 0.2) is 0 Å². The van der Waals surface area contributed by atoms with Gasteiger partial charge in [-0.25, -0.2) is 0 Å². The molecule has 0 amide bonds. The van der Waals surface area contributed by atoms with Crippen molar-refractivity contribution in [2.75, 3.05) is 12.8 Å². The van der Waals surface area contributed by atoms with E-state index in [2.05, 4.69) is 0 Å². The molecule has 0 spiro atoms. The standard InChI is InChI=1S/C13H13NO/c1-15-11-7-8-12(13(14)9-11)10-5-3-2-4-6-10/h2-9H,14H2,1H3. The van der Waals surface area contributed by atoms with E-state index in [-0.39, 0.29) is 0 Å². The minimum atomic E-state index is 0.737. The van der Waals surface area contributed by atoms with Crippen LogP contribution < -0.4 is 10.5 Å². The number of hydrogen-bond acceptors (Lipinski definition) is 2. The smallest absolute Gasteiger partial charge is 0.120 e. The van der Waals surface area contributed by atoms with Crippen molar-refractivity contribution in [1.82, 2.24) is 0 Å². The summed E-state index contributed by atoms with van der Waals surface area (Å²) in [4.78, 5) is 0. The summed E-state index contributed by atoms with van der Waals surface area (Å²) in [5, 5.41) is 0. The number of benzene rings is 2. The summed E-state index contributed by atoms with van der Waals surface area (Å²) in [6, 6.07) is 15.8. The summed E-state index contributed by atoms with van der Waals surface area (Å²) < 4.78 is 5.11. The van der Waals surface area contributed by atoms with Gasteiger partial charge in [-0.3, -0.25) is 0 Å². The highest BCUT2D eigenvalue weighted by Crippen LogP contribution is 2.28. The normalized spacial score (nSPS) is 9.93. The molecule has 76 valence electrons. The molecule has 0 radical (unpaired) electrons. The van der Waals surface area contributed by atoms with Gasteiger partial charge in [0.2, 0.25) is 0 Å². The van der Waals surface area contributed by atoms with Crippen LogP contribution in [-0.2, 0) is 0 Å². The molecule has 2 aromatic carbocycles. The molecule has 15 heavy (non-hydrogen) atoms. The zero-order chi connectivity index (χ0) is 10.7. The topological polar surface area (TPSA) is 35.2 Å². The molecule has 2 N–H and O–H groups in total. The summed E-state index contributed by atoms with van der Waals surface area (Å²) in [7, 11) is 1.64. The maximum Gasteiger partial charge on any atom is 0.120 e. The average molecular weight is 199 g/mol. The highest BCUT2D eigenvalue weighted by molar-refractivity contribution is 5.77. The number of hydrogen-bond donors (Lipinski definition) is 1. The van der Waals surface area contributed by atoms with Crippen molar-refractivity contribution in [2.24, 2.45) is 0 Å². The zero-order valence-electron chi connectivity index (χ0n) is 8.60. The molecule has 0 atom stereocenters.